The number of anilines is 1. The molecule has 0 saturated carbocycles. The molecule has 88 valence electrons. The Labute approximate surface area is 98.0 Å². The fraction of sp³-hybridized carbons (Fsp3) is 0.182. The number of para-hydroxylation sites is 1. The molecular formula is C11H12N4O2. The van der Waals surface area contributed by atoms with Gasteiger partial charge in [-0.05, 0) is 24.6 Å². The van der Waals surface area contributed by atoms with Gasteiger partial charge in [0.2, 0.25) is 0 Å². The summed E-state index contributed by atoms with van der Waals surface area (Å²) in [5, 5.41) is 18.0. The third-order valence-electron chi connectivity index (χ3n) is 2.43. The number of aromatic nitrogens is 2. The Hall–Kier alpha value is -2.37. The fourth-order valence-electron chi connectivity index (χ4n) is 1.65. The Bertz CT molecular complexity index is 562. The van der Waals surface area contributed by atoms with Crippen molar-refractivity contribution in [2.45, 2.75) is 6.92 Å². The zero-order valence-electron chi connectivity index (χ0n) is 9.54. The van der Waals surface area contributed by atoms with E-state index in [1.807, 2.05) is 6.92 Å². The summed E-state index contributed by atoms with van der Waals surface area (Å²) in [5.41, 5.74) is 1.91. The van der Waals surface area contributed by atoms with E-state index in [4.69, 9.17) is 0 Å². The van der Waals surface area contributed by atoms with E-state index in [1.165, 1.54) is 4.68 Å². The smallest absolute Gasteiger partial charge is 0.317 e. The van der Waals surface area contributed by atoms with Gasteiger partial charge in [-0.3, -0.25) is 10.1 Å². The molecule has 2 aromatic rings. The normalized spacial score (nSPS) is 10.2. The zero-order valence-corrected chi connectivity index (χ0v) is 9.54. The summed E-state index contributed by atoms with van der Waals surface area (Å²) < 4.78 is 1.51. The van der Waals surface area contributed by atoms with Crippen molar-refractivity contribution in [3.63, 3.8) is 0 Å². The number of nitro benzene ring substituents is 1. The molecule has 0 aliphatic carbocycles. The van der Waals surface area contributed by atoms with E-state index in [-0.39, 0.29) is 5.69 Å². The maximum absolute atomic E-state index is 11.1. The first kappa shape index (κ1) is 11.1. The van der Waals surface area contributed by atoms with Crippen LogP contribution in [-0.4, -0.2) is 21.8 Å². The quantitative estimate of drug-likeness (QED) is 0.649. The molecular weight excluding hydrogens is 220 g/mol. The van der Waals surface area contributed by atoms with Gasteiger partial charge in [0.1, 0.15) is 11.4 Å². The second-order valence-electron chi connectivity index (χ2n) is 3.64. The molecule has 0 aliphatic heterocycles. The van der Waals surface area contributed by atoms with Crippen LogP contribution in [0.15, 0.2) is 30.6 Å². The van der Waals surface area contributed by atoms with Crippen LogP contribution in [0.4, 0.5) is 11.4 Å². The number of rotatable bonds is 3. The summed E-state index contributed by atoms with van der Waals surface area (Å²) in [4.78, 5) is 10.7. The molecule has 0 bridgehead atoms. The number of hydrogen-bond acceptors (Lipinski definition) is 4. The third kappa shape index (κ3) is 1.96. The van der Waals surface area contributed by atoms with Crippen LogP contribution in [0.3, 0.4) is 0 Å². The molecule has 2 rings (SSSR count). The summed E-state index contributed by atoms with van der Waals surface area (Å²) in [6.07, 6.45) is 3.41. The van der Waals surface area contributed by atoms with Gasteiger partial charge in [0.05, 0.1) is 11.1 Å². The van der Waals surface area contributed by atoms with Crippen molar-refractivity contribution in [1.82, 2.24) is 9.78 Å². The molecule has 0 amide bonds. The molecule has 0 radical (unpaired) electrons. The lowest BCUT2D eigenvalue weighted by Crippen LogP contribution is -2.03. The Morgan fingerprint density at radius 1 is 1.47 bits per heavy atom. The van der Waals surface area contributed by atoms with E-state index in [1.54, 1.807) is 37.6 Å². The second-order valence-corrected chi connectivity index (χ2v) is 3.64. The van der Waals surface area contributed by atoms with Gasteiger partial charge in [0, 0.05) is 13.2 Å². The highest BCUT2D eigenvalue weighted by molar-refractivity contribution is 5.70. The molecule has 1 aromatic carbocycles. The van der Waals surface area contributed by atoms with Crippen LogP contribution in [0.1, 0.15) is 5.56 Å². The molecule has 0 atom stereocenters. The first-order valence-electron chi connectivity index (χ1n) is 5.10. The van der Waals surface area contributed by atoms with Gasteiger partial charge in [0.15, 0.2) is 0 Å². The monoisotopic (exact) mass is 232 g/mol. The molecule has 6 heteroatoms. The molecule has 0 saturated heterocycles. The lowest BCUT2D eigenvalue weighted by Gasteiger charge is -2.07. The lowest BCUT2D eigenvalue weighted by atomic mass is 10.2. The van der Waals surface area contributed by atoms with Crippen LogP contribution in [0.2, 0.25) is 0 Å². The predicted octanol–water partition coefficient (Wildman–Crippen LogP) is 2.13. The van der Waals surface area contributed by atoms with Crippen LogP contribution < -0.4 is 5.32 Å². The van der Waals surface area contributed by atoms with Crippen molar-refractivity contribution >= 4 is 11.4 Å². The maximum Gasteiger partial charge on any atom is 0.317 e. The largest absolute Gasteiger partial charge is 0.382 e. The molecule has 1 aromatic heterocycles. The average molecular weight is 232 g/mol. The molecule has 1 heterocycles. The summed E-state index contributed by atoms with van der Waals surface area (Å²) in [5.74, 6) is 0. The van der Waals surface area contributed by atoms with Crippen LogP contribution >= 0.6 is 0 Å². The Morgan fingerprint density at radius 3 is 2.76 bits per heavy atom. The SMILES string of the molecule is CNc1cccc(-n2cc(C)cn2)c1[N+](=O)[O-]. The third-order valence-corrected chi connectivity index (χ3v) is 2.43. The highest BCUT2D eigenvalue weighted by Gasteiger charge is 2.20. The minimum Gasteiger partial charge on any atom is -0.382 e. The summed E-state index contributed by atoms with van der Waals surface area (Å²) >= 11 is 0. The van der Waals surface area contributed by atoms with E-state index >= 15 is 0 Å². The van der Waals surface area contributed by atoms with Crippen LogP contribution in [0, 0.1) is 17.0 Å². The van der Waals surface area contributed by atoms with Crippen LogP contribution in [-0.2, 0) is 0 Å². The van der Waals surface area contributed by atoms with E-state index in [0.29, 0.717) is 11.4 Å². The predicted molar refractivity (Wildman–Crippen MR) is 64.5 cm³/mol. The van der Waals surface area contributed by atoms with Crippen molar-refractivity contribution in [3.05, 3.63) is 46.3 Å². The summed E-state index contributed by atoms with van der Waals surface area (Å²) in [7, 11) is 1.65. The number of nitro groups is 1. The van der Waals surface area contributed by atoms with Crippen molar-refractivity contribution in [2.75, 3.05) is 12.4 Å². The van der Waals surface area contributed by atoms with Gasteiger partial charge in [-0.25, -0.2) is 4.68 Å². The first-order chi connectivity index (χ1) is 8.13. The standard InChI is InChI=1S/C11H12N4O2/c1-8-6-13-14(7-8)10-5-3-4-9(12-2)11(10)15(16)17/h3-7,12H,1-2H3. The molecule has 0 aliphatic rings. The maximum atomic E-state index is 11.1. The van der Waals surface area contributed by atoms with Gasteiger partial charge in [-0.1, -0.05) is 6.07 Å². The zero-order chi connectivity index (χ0) is 12.4. The average Bonchev–Trinajstić information content (AvgIpc) is 2.74. The van der Waals surface area contributed by atoms with E-state index in [0.717, 1.165) is 5.56 Å². The van der Waals surface area contributed by atoms with Gasteiger partial charge in [-0.2, -0.15) is 5.10 Å². The Kier molecular flexibility index (Phi) is 2.78. The molecule has 0 fully saturated rings. The van der Waals surface area contributed by atoms with Crippen molar-refractivity contribution in [3.8, 4) is 5.69 Å². The topological polar surface area (TPSA) is 73.0 Å². The van der Waals surface area contributed by atoms with Crippen molar-refractivity contribution in [1.29, 1.82) is 0 Å². The first-order valence-corrected chi connectivity index (χ1v) is 5.10. The van der Waals surface area contributed by atoms with Gasteiger partial charge in [0.25, 0.3) is 0 Å². The summed E-state index contributed by atoms with van der Waals surface area (Å²) in [6.45, 7) is 1.89. The van der Waals surface area contributed by atoms with Crippen molar-refractivity contribution < 1.29 is 4.92 Å². The second kappa shape index (κ2) is 4.25. The van der Waals surface area contributed by atoms with Gasteiger partial charge in [-0.15, -0.1) is 0 Å². The molecule has 1 N–H and O–H groups in total. The lowest BCUT2D eigenvalue weighted by molar-refractivity contribution is -0.383. The van der Waals surface area contributed by atoms with E-state index in [9.17, 15) is 10.1 Å². The Morgan fingerprint density at radius 2 is 2.24 bits per heavy atom. The molecule has 0 unspecified atom stereocenters. The molecule has 17 heavy (non-hydrogen) atoms. The van der Waals surface area contributed by atoms with Crippen molar-refractivity contribution in [2.24, 2.45) is 0 Å². The van der Waals surface area contributed by atoms with Gasteiger partial charge >= 0.3 is 5.69 Å². The van der Waals surface area contributed by atoms with Crippen LogP contribution in [0.5, 0.6) is 0 Å². The highest BCUT2D eigenvalue weighted by Crippen LogP contribution is 2.30. The highest BCUT2D eigenvalue weighted by atomic mass is 16.6. The number of benzene rings is 1. The number of hydrogen-bond donors (Lipinski definition) is 1. The van der Waals surface area contributed by atoms with E-state index < -0.39 is 4.92 Å². The summed E-state index contributed by atoms with van der Waals surface area (Å²) in [6, 6.07) is 5.09. The minimum atomic E-state index is -0.405. The molecule has 0 spiro atoms. The van der Waals surface area contributed by atoms with Crippen LogP contribution in [0.25, 0.3) is 5.69 Å². The number of nitrogens with zero attached hydrogens (tertiary/aromatic N) is 3. The minimum absolute atomic E-state index is 0.0260. The van der Waals surface area contributed by atoms with Gasteiger partial charge < -0.3 is 5.32 Å². The number of nitrogens with one attached hydrogen (secondary N) is 1. The fourth-order valence-corrected chi connectivity index (χ4v) is 1.65. The van der Waals surface area contributed by atoms with E-state index in [2.05, 4.69) is 10.4 Å². The Balaban J connectivity index is 2.65. The number of aryl methyl sites for hydroxylation is 1. The molecule has 6 nitrogen and oxygen atoms in total.